The zero-order valence-electron chi connectivity index (χ0n) is 25.6. The first-order valence-electron chi connectivity index (χ1n) is 15.9. The Balaban J connectivity index is 1.30. The first kappa shape index (κ1) is 26.5. The molecule has 0 spiro atoms. The summed E-state index contributed by atoms with van der Waals surface area (Å²) in [6.45, 7) is 0. The second kappa shape index (κ2) is 10.4. The summed E-state index contributed by atoms with van der Waals surface area (Å²) in [5.74, 6) is 1.71. The number of hydrogen-bond donors (Lipinski definition) is 0. The maximum Gasteiger partial charge on any atom is 0.238 e. The Kier molecular flexibility index (Phi) is 5.77. The number of nitrogens with zero attached hydrogens (tertiary/aromatic N) is 5. The fraction of sp³-hybridized carbons (Fsp3) is 0. The third-order valence-corrected chi connectivity index (χ3v) is 9.15. The van der Waals surface area contributed by atoms with Gasteiger partial charge >= 0.3 is 0 Å². The minimum Gasteiger partial charge on any atom is -0.454 e. The molecule has 224 valence electrons. The van der Waals surface area contributed by atoms with Crippen LogP contribution in [0.2, 0.25) is 0 Å². The number of furan rings is 1. The van der Waals surface area contributed by atoms with Crippen molar-refractivity contribution in [1.29, 1.82) is 0 Å². The van der Waals surface area contributed by atoms with E-state index in [1.807, 2.05) is 24.3 Å². The average molecular weight is 616 g/mol. The summed E-state index contributed by atoms with van der Waals surface area (Å²) in [6, 6.07) is 48.2. The highest BCUT2D eigenvalue weighted by Gasteiger charge is 2.21. The van der Waals surface area contributed by atoms with Gasteiger partial charge in [0.1, 0.15) is 5.58 Å². The van der Waals surface area contributed by atoms with Gasteiger partial charge in [0.2, 0.25) is 5.95 Å². The van der Waals surface area contributed by atoms with Gasteiger partial charge in [-0.05, 0) is 52.2 Å². The molecule has 0 aliphatic rings. The molecule has 10 aromatic rings. The second-order valence-electron chi connectivity index (χ2n) is 11.9. The lowest BCUT2D eigenvalue weighted by molar-refractivity contribution is 0.667. The summed E-state index contributed by atoms with van der Waals surface area (Å²) in [6.07, 6.45) is 3.54. The van der Waals surface area contributed by atoms with Crippen LogP contribution in [0.4, 0.5) is 0 Å². The molecule has 0 saturated carbocycles. The van der Waals surface area contributed by atoms with Crippen molar-refractivity contribution < 1.29 is 4.42 Å². The lowest BCUT2D eigenvalue weighted by Crippen LogP contribution is -2.06. The van der Waals surface area contributed by atoms with Crippen LogP contribution in [0.15, 0.2) is 156 Å². The van der Waals surface area contributed by atoms with Gasteiger partial charge in [0.15, 0.2) is 17.2 Å². The highest BCUT2D eigenvalue weighted by molar-refractivity contribution is 6.16. The first-order chi connectivity index (χ1) is 23.8. The first-order valence-corrected chi connectivity index (χ1v) is 15.9. The van der Waals surface area contributed by atoms with Crippen LogP contribution < -0.4 is 0 Å². The van der Waals surface area contributed by atoms with Gasteiger partial charge in [-0.25, -0.2) is 4.98 Å². The van der Waals surface area contributed by atoms with Crippen molar-refractivity contribution in [3.05, 3.63) is 152 Å². The van der Waals surface area contributed by atoms with E-state index in [9.17, 15) is 0 Å². The molecule has 0 atom stereocenters. The largest absolute Gasteiger partial charge is 0.454 e. The van der Waals surface area contributed by atoms with Crippen molar-refractivity contribution in [2.45, 2.75) is 0 Å². The van der Waals surface area contributed by atoms with E-state index in [0.717, 1.165) is 76.8 Å². The van der Waals surface area contributed by atoms with E-state index in [0.29, 0.717) is 17.6 Å². The summed E-state index contributed by atoms with van der Waals surface area (Å²) in [7, 11) is 0. The van der Waals surface area contributed by atoms with E-state index in [-0.39, 0.29) is 0 Å². The average Bonchev–Trinajstić information content (AvgIpc) is 3.71. The molecule has 0 fully saturated rings. The molecule has 0 radical (unpaired) electrons. The SMILES string of the molecule is c1ccc(-c2cccc3c2c2ccccc2n3-c2nc(-c3ccc4ccccc4c3)nc(-c3cccc4oc5cnccc5c34)n2)cc1. The van der Waals surface area contributed by atoms with E-state index >= 15 is 0 Å². The minimum atomic E-state index is 0.547. The van der Waals surface area contributed by atoms with Crippen molar-refractivity contribution in [3.8, 4) is 39.9 Å². The molecule has 48 heavy (non-hydrogen) atoms. The van der Waals surface area contributed by atoms with E-state index in [1.165, 1.54) is 0 Å². The Morgan fingerprint density at radius 3 is 2.19 bits per heavy atom. The number of aromatic nitrogens is 5. The van der Waals surface area contributed by atoms with Gasteiger partial charge in [0.05, 0.1) is 17.2 Å². The van der Waals surface area contributed by atoms with E-state index in [1.54, 1.807) is 12.4 Å². The Morgan fingerprint density at radius 2 is 1.25 bits per heavy atom. The van der Waals surface area contributed by atoms with Gasteiger partial charge in [0.25, 0.3) is 0 Å². The van der Waals surface area contributed by atoms with Crippen LogP contribution in [0.5, 0.6) is 0 Å². The summed E-state index contributed by atoms with van der Waals surface area (Å²) in [5.41, 5.74) is 7.64. The summed E-state index contributed by atoms with van der Waals surface area (Å²) in [4.78, 5) is 19.9. The summed E-state index contributed by atoms with van der Waals surface area (Å²) >= 11 is 0. The standard InChI is InChI=1S/C42H25N5O/c1-2-11-27(12-3-1)30-15-8-18-35-38(30)31-14-6-7-17-34(31)47(35)42-45-40(29-21-20-26-10-4-5-13-28(26)24-29)44-41(46-42)33-16-9-19-36-39(33)32-22-23-43-25-37(32)48-36/h1-25H. The van der Waals surface area contributed by atoms with Crippen LogP contribution >= 0.6 is 0 Å². The van der Waals surface area contributed by atoms with E-state index < -0.39 is 0 Å². The number of hydrogen-bond acceptors (Lipinski definition) is 5. The van der Waals surface area contributed by atoms with Gasteiger partial charge in [-0.3, -0.25) is 9.55 Å². The molecule has 6 heteroatoms. The van der Waals surface area contributed by atoms with Crippen LogP contribution in [-0.2, 0) is 0 Å². The van der Waals surface area contributed by atoms with Crippen molar-refractivity contribution in [1.82, 2.24) is 24.5 Å². The number of para-hydroxylation sites is 1. The molecule has 4 heterocycles. The quantitative estimate of drug-likeness (QED) is 0.197. The number of rotatable bonds is 4. The van der Waals surface area contributed by atoms with Gasteiger partial charge < -0.3 is 4.42 Å². The van der Waals surface area contributed by atoms with Crippen LogP contribution in [0.3, 0.4) is 0 Å². The summed E-state index contributed by atoms with van der Waals surface area (Å²) in [5, 5.41) is 6.49. The van der Waals surface area contributed by atoms with Crippen molar-refractivity contribution in [2.75, 3.05) is 0 Å². The molecule has 0 amide bonds. The number of fused-ring (bicyclic) bond motifs is 7. The Morgan fingerprint density at radius 1 is 0.479 bits per heavy atom. The predicted molar refractivity (Wildman–Crippen MR) is 193 cm³/mol. The van der Waals surface area contributed by atoms with Gasteiger partial charge in [-0.2, -0.15) is 9.97 Å². The van der Waals surface area contributed by atoms with Crippen molar-refractivity contribution >= 4 is 54.5 Å². The Hall–Kier alpha value is -6.66. The minimum absolute atomic E-state index is 0.547. The van der Waals surface area contributed by atoms with Gasteiger partial charge in [0, 0.05) is 38.9 Å². The molecule has 0 unspecified atom stereocenters. The van der Waals surface area contributed by atoms with Crippen LogP contribution in [-0.4, -0.2) is 24.5 Å². The molecular weight excluding hydrogens is 590 g/mol. The molecule has 6 nitrogen and oxygen atoms in total. The fourth-order valence-corrected chi connectivity index (χ4v) is 7.00. The molecule has 0 aliphatic heterocycles. The lowest BCUT2D eigenvalue weighted by atomic mass is 9.99. The predicted octanol–water partition coefficient (Wildman–Crippen LogP) is 10.4. The molecule has 10 rings (SSSR count). The molecule has 0 bridgehead atoms. The zero-order chi connectivity index (χ0) is 31.6. The van der Waals surface area contributed by atoms with Crippen molar-refractivity contribution in [3.63, 3.8) is 0 Å². The molecular formula is C42H25N5O. The molecule has 0 aliphatic carbocycles. The second-order valence-corrected chi connectivity index (χ2v) is 11.9. The molecule has 4 aromatic heterocycles. The van der Waals surface area contributed by atoms with Crippen molar-refractivity contribution in [2.24, 2.45) is 0 Å². The zero-order valence-corrected chi connectivity index (χ0v) is 25.6. The van der Waals surface area contributed by atoms with E-state index in [4.69, 9.17) is 19.4 Å². The van der Waals surface area contributed by atoms with Gasteiger partial charge in [-0.15, -0.1) is 0 Å². The Labute approximate surface area is 274 Å². The fourth-order valence-electron chi connectivity index (χ4n) is 7.00. The maximum atomic E-state index is 6.21. The Bertz CT molecular complexity index is 2850. The molecule has 6 aromatic carbocycles. The maximum absolute atomic E-state index is 6.21. The third-order valence-electron chi connectivity index (χ3n) is 9.15. The molecule has 0 saturated heterocycles. The monoisotopic (exact) mass is 615 g/mol. The number of benzene rings is 6. The normalized spacial score (nSPS) is 11.8. The lowest BCUT2D eigenvalue weighted by Gasteiger charge is -2.12. The van der Waals surface area contributed by atoms with Crippen LogP contribution in [0.1, 0.15) is 0 Å². The topological polar surface area (TPSA) is 69.6 Å². The molecule has 0 N–H and O–H groups in total. The third kappa shape index (κ3) is 4.06. The van der Waals surface area contributed by atoms with Crippen LogP contribution in [0, 0.1) is 0 Å². The smallest absolute Gasteiger partial charge is 0.238 e. The highest BCUT2D eigenvalue weighted by Crippen LogP contribution is 2.40. The van der Waals surface area contributed by atoms with Crippen LogP contribution in [0.25, 0.3) is 94.4 Å². The summed E-state index contributed by atoms with van der Waals surface area (Å²) < 4.78 is 8.38. The van der Waals surface area contributed by atoms with E-state index in [2.05, 4.69) is 125 Å². The van der Waals surface area contributed by atoms with Gasteiger partial charge in [-0.1, -0.05) is 109 Å². The number of pyridine rings is 1. The highest BCUT2D eigenvalue weighted by atomic mass is 16.3.